The van der Waals surface area contributed by atoms with E-state index in [0.717, 1.165) is 31.7 Å². The lowest BCUT2D eigenvalue weighted by Crippen LogP contribution is -2.37. The van der Waals surface area contributed by atoms with Gasteiger partial charge in [0.2, 0.25) is 0 Å². The summed E-state index contributed by atoms with van der Waals surface area (Å²) in [5, 5.41) is 0. The molecular weight excluding hydrogens is 266 g/mol. The van der Waals surface area contributed by atoms with Crippen molar-refractivity contribution in [3.05, 3.63) is 29.3 Å². The van der Waals surface area contributed by atoms with Gasteiger partial charge in [-0.2, -0.15) is 0 Å². The number of para-hydroxylation sites is 1. The molecule has 1 aromatic carbocycles. The largest absolute Gasteiger partial charge is 0.389 e. The minimum atomic E-state index is 0.495. The smallest absolute Gasteiger partial charge is 0.106 e. The molecule has 110 valence electrons. The number of thiocarbonyl (C=S) groups is 1. The summed E-state index contributed by atoms with van der Waals surface area (Å²) in [4.78, 5) is 5.49. The molecule has 1 atom stereocenters. The standard InChI is InChI=1S/C16H25N3S/c1-4-18(5-2)13-9-10-19(11-13)15-12(3)7-6-8-14(15)16(17)20/h6-8,13H,4-5,9-11H2,1-3H3,(H2,17,20). The van der Waals surface area contributed by atoms with Crippen molar-refractivity contribution in [2.75, 3.05) is 31.1 Å². The van der Waals surface area contributed by atoms with Crippen LogP contribution in [0.4, 0.5) is 5.69 Å². The Morgan fingerprint density at radius 1 is 1.40 bits per heavy atom. The molecule has 0 saturated carbocycles. The molecule has 0 aliphatic carbocycles. The van der Waals surface area contributed by atoms with Crippen LogP contribution in [0.5, 0.6) is 0 Å². The fourth-order valence-corrected chi connectivity index (χ4v) is 3.43. The van der Waals surface area contributed by atoms with Gasteiger partial charge in [-0.1, -0.05) is 38.2 Å². The summed E-state index contributed by atoms with van der Waals surface area (Å²) in [6.45, 7) is 11.0. The topological polar surface area (TPSA) is 32.5 Å². The molecule has 1 unspecified atom stereocenters. The maximum Gasteiger partial charge on any atom is 0.106 e. The number of likely N-dealkylation sites (N-methyl/N-ethyl adjacent to an activating group) is 1. The number of benzene rings is 1. The van der Waals surface area contributed by atoms with Crippen LogP contribution in [-0.4, -0.2) is 42.1 Å². The van der Waals surface area contributed by atoms with Crippen molar-refractivity contribution in [1.29, 1.82) is 0 Å². The molecule has 0 spiro atoms. The van der Waals surface area contributed by atoms with Crippen LogP contribution in [0, 0.1) is 6.92 Å². The lowest BCUT2D eigenvalue weighted by atomic mass is 10.1. The third-order valence-electron chi connectivity index (χ3n) is 4.31. The average molecular weight is 291 g/mol. The van der Waals surface area contributed by atoms with E-state index in [1.165, 1.54) is 17.7 Å². The first-order valence-corrected chi connectivity index (χ1v) is 7.87. The predicted molar refractivity (Wildman–Crippen MR) is 90.6 cm³/mol. The van der Waals surface area contributed by atoms with E-state index in [4.69, 9.17) is 18.0 Å². The van der Waals surface area contributed by atoms with E-state index in [0.29, 0.717) is 11.0 Å². The number of hydrogen-bond donors (Lipinski definition) is 1. The first-order valence-electron chi connectivity index (χ1n) is 7.46. The highest BCUT2D eigenvalue weighted by molar-refractivity contribution is 7.80. The maximum absolute atomic E-state index is 5.89. The number of anilines is 1. The first-order chi connectivity index (χ1) is 9.58. The van der Waals surface area contributed by atoms with Gasteiger partial charge in [0.15, 0.2) is 0 Å². The van der Waals surface area contributed by atoms with Crippen LogP contribution in [-0.2, 0) is 0 Å². The Morgan fingerprint density at radius 2 is 2.10 bits per heavy atom. The zero-order valence-corrected chi connectivity index (χ0v) is 13.5. The monoisotopic (exact) mass is 291 g/mol. The Hall–Kier alpha value is -1.13. The van der Waals surface area contributed by atoms with Gasteiger partial charge in [-0.15, -0.1) is 0 Å². The molecule has 0 radical (unpaired) electrons. The number of nitrogens with two attached hydrogens (primary N) is 1. The van der Waals surface area contributed by atoms with Crippen molar-refractivity contribution in [3.63, 3.8) is 0 Å². The van der Waals surface area contributed by atoms with Gasteiger partial charge in [0.05, 0.1) is 0 Å². The fraction of sp³-hybridized carbons (Fsp3) is 0.562. The summed E-state index contributed by atoms with van der Waals surface area (Å²) in [7, 11) is 0. The average Bonchev–Trinajstić information content (AvgIpc) is 2.89. The second-order valence-corrected chi connectivity index (χ2v) is 5.88. The van der Waals surface area contributed by atoms with Crippen LogP contribution in [0.15, 0.2) is 18.2 Å². The second-order valence-electron chi connectivity index (χ2n) is 5.45. The van der Waals surface area contributed by atoms with E-state index in [1.54, 1.807) is 0 Å². The highest BCUT2D eigenvalue weighted by Crippen LogP contribution is 2.29. The molecule has 3 nitrogen and oxygen atoms in total. The molecular formula is C16H25N3S. The Balaban J connectivity index is 2.24. The number of aryl methyl sites for hydroxylation is 1. The molecule has 1 saturated heterocycles. The van der Waals surface area contributed by atoms with Gasteiger partial charge >= 0.3 is 0 Å². The van der Waals surface area contributed by atoms with E-state index >= 15 is 0 Å². The van der Waals surface area contributed by atoms with Crippen LogP contribution >= 0.6 is 12.2 Å². The summed E-state index contributed by atoms with van der Waals surface area (Å²) >= 11 is 5.21. The van der Waals surface area contributed by atoms with Crippen LogP contribution in [0.1, 0.15) is 31.4 Å². The Bertz CT molecular complexity index is 483. The Kier molecular flexibility index (Phi) is 5.00. The minimum Gasteiger partial charge on any atom is -0.389 e. The van der Waals surface area contributed by atoms with Gasteiger partial charge in [-0.05, 0) is 38.1 Å². The van der Waals surface area contributed by atoms with Gasteiger partial charge in [0.1, 0.15) is 4.99 Å². The number of rotatable bonds is 5. The van der Waals surface area contributed by atoms with Crippen LogP contribution < -0.4 is 10.6 Å². The van der Waals surface area contributed by atoms with E-state index in [-0.39, 0.29) is 0 Å². The zero-order valence-electron chi connectivity index (χ0n) is 12.7. The highest BCUT2D eigenvalue weighted by Gasteiger charge is 2.28. The normalized spacial score (nSPS) is 18.8. The molecule has 2 N–H and O–H groups in total. The summed E-state index contributed by atoms with van der Waals surface area (Å²) in [5.41, 5.74) is 9.40. The van der Waals surface area contributed by atoms with Crippen molar-refractivity contribution in [2.24, 2.45) is 5.73 Å². The van der Waals surface area contributed by atoms with Gasteiger partial charge < -0.3 is 10.6 Å². The Morgan fingerprint density at radius 3 is 2.70 bits per heavy atom. The van der Waals surface area contributed by atoms with Gasteiger partial charge in [-0.25, -0.2) is 0 Å². The molecule has 0 amide bonds. The molecule has 1 fully saturated rings. The zero-order chi connectivity index (χ0) is 14.7. The maximum atomic E-state index is 5.89. The lowest BCUT2D eigenvalue weighted by molar-refractivity contribution is 0.232. The summed E-state index contributed by atoms with van der Waals surface area (Å²) in [6.07, 6.45) is 1.22. The molecule has 0 bridgehead atoms. The van der Waals surface area contributed by atoms with Crippen molar-refractivity contribution in [1.82, 2.24) is 4.90 Å². The molecule has 1 aromatic rings. The minimum absolute atomic E-state index is 0.495. The third kappa shape index (κ3) is 2.96. The first kappa shape index (κ1) is 15.3. The van der Waals surface area contributed by atoms with Gasteiger partial charge in [-0.3, -0.25) is 4.90 Å². The summed E-state index contributed by atoms with van der Waals surface area (Å²) < 4.78 is 0. The van der Waals surface area contributed by atoms with E-state index < -0.39 is 0 Å². The van der Waals surface area contributed by atoms with Crippen LogP contribution in [0.25, 0.3) is 0 Å². The lowest BCUT2D eigenvalue weighted by Gasteiger charge is -2.28. The van der Waals surface area contributed by atoms with E-state index in [2.05, 4.69) is 36.6 Å². The van der Waals surface area contributed by atoms with E-state index in [9.17, 15) is 0 Å². The number of nitrogens with zero attached hydrogens (tertiary/aromatic N) is 2. The highest BCUT2D eigenvalue weighted by atomic mass is 32.1. The summed E-state index contributed by atoms with van der Waals surface area (Å²) in [5.74, 6) is 0. The predicted octanol–water partition coefficient (Wildman–Crippen LogP) is 2.55. The molecule has 0 aromatic heterocycles. The molecule has 1 aliphatic rings. The quantitative estimate of drug-likeness (QED) is 0.845. The van der Waals surface area contributed by atoms with Gasteiger partial charge in [0.25, 0.3) is 0 Å². The molecule has 2 rings (SSSR count). The summed E-state index contributed by atoms with van der Waals surface area (Å²) in [6, 6.07) is 6.85. The van der Waals surface area contributed by atoms with Crippen molar-refractivity contribution in [3.8, 4) is 0 Å². The van der Waals surface area contributed by atoms with Crippen LogP contribution in [0.3, 0.4) is 0 Å². The molecule has 1 aliphatic heterocycles. The third-order valence-corrected chi connectivity index (χ3v) is 4.53. The van der Waals surface area contributed by atoms with Crippen molar-refractivity contribution >= 4 is 22.9 Å². The van der Waals surface area contributed by atoms with Gasteiger partial charge in [0, 0.05) is 30.4 Å². The molecule has 1 heterocycles. The van der Waals surface area contributed by atoms with Crippen molar-refractivity contribution < 1.29 is 0 Å². The molecule has 20 heavy (non-hydrogen) atoms. The fourth-order valence-electron chi connectivity index (χ4n) is 3.26. The second kappa shape index (κ2) is 6.55. The Labute approximate surface area is 127 Å². The van der Waals surface area contributed by atoms with Crippen LogP contribution in [0.2, 0.25) is 0 Å². The molecule has 4 heteroatoms. The van der Waals surface area contributed by atoms with E-state index in [1.807, 2.05) is 12.1 Å². The SMILES string of the molecule is CCN(CC)C1CCN(c2c(C)cccc2C(N)=S)C1. The van der Waals surface area contributed by atoms with Crippen molar-refractivity contribution in [2.45, 2.75) is 33.2 Å². The number of hydrogen-bond acceptors (Lipinski definition) is 3.